The summed E-state index contributed by atoms with van der Waals surface area (Å²) in [4.78, 5) is 24.4. The summed E-state index contributed by atoms with van der Waals surface area (Å²) in [6.07, 6.45) is 0.0260. The third-order valence-electron chi connectivity index (χ3n) is 3.95. The van der Waals surface area contributed by atoms with E-state index in [0.717, 1.165) is 5.56 Å². The van der Waals surface area contributed by atoms with E-state index in [9.17, 15) is 9.59 Å². The molecule has 7 nitrogen and oxygen atoms in total. The Morgan fingerprint density at radius 3 is 2.50 bits per heavy atom. The number of nitrogens with zero attached hydrogens (tertiary/aromatic N) is 1. The average molecular weight is 404 g/mol. The number of anilines is 1. The van der Waals surface area contributed by atoms with Gasteiger partial charge in [0.05, 0.1) is 20.6 Å². The second-order valence-electron chi connectivity index (χ2n) is 6.00. The van der Waals surface area contributed by atoms with Gasteiger partial charge in [-0.1, -0.05) is 17.7 Å². The Morgan fingerprint density at radius 1 is 1.11 bits per heavy atom. The molecule has 0 heterocycles. The minimum absolute atomic E-state index is 0.0260. The van der Waals surface area contributed by atoms with E-state index >= 15 is 0 Å². The van der Waals surface area contributed by atoms with E-state index in [1.165, 1.54) is 14.2 Å². The van der Waals surface area contributed by atoms with Gasteiger partial charge < -0.3 is 14.8 Å². The van der Waals surface area contributed by atoms with Crippen LogP contribution in [0.2, 0.25) is 5.02 Å². The molecule has 0 unspecified atom stereocenters. The molecule has 0 saturated heterocycles. The van der Waals surface area contributed by atoms with Gasteiger partial charge in [-0.3, -0.25) is 9.59 Å². The Morgan fingerprint density at radius 2 is 1.82 bits per heavy atom. The first-order valence-electron chi connectivity index (χ1n) is 8.46. The Balaban J connectivity index is 1.97. The number of methoxy groups -OCH3 is 2. The van der Waals surface area contributed by atoms with Crippen LogP contribution in [0.4, 0.5) is 5.69 Å². The molecule has 2 N–H and O–H groups in total. The van der Waals surface area contributed by atoms with Crippen LogP contribution in [0.15, 0.2) is 41.5 Å². The molecule has 0 aliphatic carbocycles. The van der Waals surface area contributed by atoms with Crippen molar-refractivity contribution in [3.63, 3.8) is 0 Å². The smallest absolute Gasteiger partial charge is 0.271 e. The number of nitrogens with one attached hydrogen (secondary N) is 2. The van der Waals surface area contributed by atoms with Crippen molar-refractivity contribution in [1.29, 1.82) is 0 Å². The second kappa shape index (κ2) is 9.75. The van der Waals surface area contributed by atoms with Crippen molar-refractivity contribution in [3.05, 3.63) is 52.5 Å². The molecule has 148 valence electrons. The number of amides is 2. The van der Waals surface area contributed by atoms with E-state index in [0.29, 0.717) is 33.5 Å². The van der Waals surface area contributed by atoms with E-state index in [1.54, 1.807) is 43.3 Å². The first kappa shape index (κ1) is 21.2. The summed E-state index contributed by atoms with van der Waals surface area (Å²) in [5.41, 5.74) is 4.66. The van der Waals surface area contributed by atoms with E-state index in [4.69, 9.17) is 21.1 Å². The Labute approximate surface area is 168 Å². The molecule has 0 aliphatic rings. The van der Waals surface area contributed by atoms with Crippen molar-refractivity contribution in [1.82, 2.24) is 5.43 Å². The van der Waals surface area contributed by atoms with Crippen molar-refractivity contribution in [2.75, 3.05) is 19.5 Å². The zero-order chi connectivity index (χ0) is 20.7. The molecular weight excluding hydrogens is 382 g/mol. The number of carbonyl (C=O) groups excluding carboxylic acids is 2. The third-order valence-corrected chi connectivity index (χ3v) is 4.36. The Bertz CT molecular complexity index is 912. The van der Waals surface area contributed by atoms with Crippen molar-refractivity contribution in [2.45, 2.75) is 20.3 Å². The van der Waals surface area contributed by atoms with Crippen molar-refractivity contribution in [2.24, 2.45) is 5.10 Å². The van der Waals surface area contributed by atoms with Crippen LogP contribution in [-0.2, 0) is 4.79 Å². The molecule has 28 heavy (non-hydrogen) atoms. The van der Waals surface area contributed by atoms with Crippen molar-refractivity contribution >= 4 is 34.8 Å². The molecule has 8 heteroatoms. The van der Waals surface area contributed by atoms with Gasteiger partial charge >= 0.3 is 0 Å². The number of rotatable bonds is 7. The fourth-order valence-corrected chi connectivity index (χ4v) is 2.57. The predicted octanol–water partition coefficient (Wildman–Crippen LogP) is 3.80. The number of hydrazone groups is 1. The summed E-state index contributed by atoms with van der Waals surface area (Å²) >= 11 is 6.05. The highest BCUT2D eigenvalue weighted by molar-refractivity contribution is 6.31. The maximum Gasteiger partial charge on any atom is 0.271 e. The van der Waals surface area contributed by atoms with Crippen molar-refractivity contribution in [3.8, 4) is 11.5 Å². The zero-order valence-corrected chi connectivity index (χ0v) is 16.9. The van der Waals surface area contributed by atoms with Crippen LogP contribution in [-0.4, -0.2) is 31.7 Å². The molecule has 2 amide bonds. The molecule has 0 spiro atoms. The lowest BCUT2D eigenvalue weighted by Gasteiger charge is -2.10. The Hall–Kier alpha value is -3.06. The summed E-state index contributed by atoms with van der Waals surface area (Å²) in [5, 5.41) is 7.33. The molecular formula is C20H22ClN3O4. The Kier molecular flexibility index (Phi) is 7.40. The first-order valence-corrected chi connectivity index (χ1v) is 8.84. The second-order valence-corrected chi connectivity index (χ2v) is 6.40. The maximum absolute atomic E-state index is 12.2. The molecule has 0 aliphatic heterocycles. The summed E-state index contributed by atoms with van der Waals surface area (Å²) in [7, 11) is 3.00. The van der Waals surface area contributed by atoms with Gasteiger partial charge in [-0.2, -0.15) is 5.10 Å². The summed E-state index contributed by atoms with van der Waals surface area (Å²) in [6, 6.07) is 10.1. The molecule has 0 bridgehead atoms. The number of hydrogen-bond acceptors (Lipinski definition) is 5. The van der Waals surface area contributed by atoms with Gasteiger partial charge in [-0.15, -0.1) is 0 Å². The van der Waals surface area contributed by atoms with Gasteiger partial charge in [0.25, 0.3) is 5.91 Å². The molecule has 0 atom stereocenters. The molecule has 2 rings (SSSR count). The quantitative estimate of drug-likeness (QED) is 0.543. The first-order chi connectivity index (χ1) is 13.3. The number of benzene rings is 2. The van der Waals surface area contributed by atoms with Gasteiger partial charge in [-0.05, 0) is 49.7 Å². The monoisotopic (exact) mass is 403 g/mol. The minimum Gasteiger partial charge on any atom is -0.493 e. The lowest BCUT2D eigenvalue weighted by atomic mass is 10.2. The summed E-state index contributed by atoms with van der Waals surface area (Å²) in [6.45, 7) is 3.47. The van der Waals surface area contributed by atoms with Gasteiger partial charge in [-0.25, -0.2) is 5.43 Å². The van der Waals surface area contributed by atoms with E-state index in [2.05, 4.69) is 15.8 Å². The standard InChI is InChI=1S/C20H22ClN3O4/c1-12(10-19(25)22-16-7-5-6-15(21)13(16)2)23-24-20(26)14-8-9-17(27-3)18(11-14)28-4/h5-9,11H,10H2,1-4H3,(H,22,25)(H,24,26)/b23-12+. The van der Waals surface area contributed by atoms with Crippen LogP contribution in [0.5, 0.6) is 11.5 Å². The van der Waals surface area contributed by atoms with Gasteiger partial charge in [0.15, 0.2) is 11.5 Å². The number of ether oxygens (including phenoxy) is 2. The molecule has 2 aromatic carbocycles. The largest absolute Gasteiger partial charge is 0.493 e. The zero-order valence-electron chi connectivity index (χ0n) is 16.1. The SMILES string of the molecule is COc1ccc(C(=O)N/N=C(\C)CC(=O)Nc2cccc(Cl)c2C)cc1OC. The van der Waals surface area contributed by atoms with Crippen LogP contribution >= 0.6 is 11.6 Å². The third kappa shape index (κ3) is 5.47. The van der Waals surface area contributed by atoms with Crippen LogP contribution in [0.3, 0.4) is 0 Å². The number of carbonyl (C=O) groups is 2. The summed E-state index contributed by atoms with van der Waals surface area (Å²) < 4.78 is 10.3. The van der Waals surface area contributed by atoms with Crippen LogP contribution in [0.1, 0.15) is 29.3 Å². The van der Waals surface area contributed by atoms with Crippen LogP contribution in [0.25, 0.3) is 0 Å². The predicted molar refractivity (Wildman–Crippen MR) is 110 cm³/mol. The summed E-state index contributed by atoms with van der Waals surface area (Å²) in [5.74, 6) is 0.275. The van der Waals surface area contributed by atoms with Crippen molar-refractivity contribution < 1.29 is 19.1 Å². The topological polar surface area (TPSA) is 89.0 Å². The van der Waals surface area contributed by atoms with Gasteiger partial charge in [0.1, 0.15) is 0 Å². The molecule has 0 fully saturated rings. The highest BCUT2D eigenvalue weighted by Gasteiger charge is 2.11. The number of hydrogen-bond donors (Lipinski definition) is 2. The molecule has 0 saturated carbocycles. The van der Waals surface area contributed by atoms with Gasteiger partial charge in [0, 0.05) is 22.0 Å². The lowest BCUT2D eigenvalue weighted by molar-refractivity contribution is -0.115. The average Bonchev–Trinajstić information content (AvgIpc) is 2.69. The maximum atomic E-state index is 12.2. The minimum atomic E-state index is -0.425. The lowest BCUT2D eigenvalue weighted by Crippen LogP contribution is -2.21. The molecule has 0 aromatic heterocycles. The fourth-order valence-electron chi connectivity index (χ4n) is 2.40. The highest BCUT2D eigenvalue weighted by Crippen LogP contribution is 2.27. The molecule has 0 radical (unpaired) electrons. The highest BCUT2D eigenvalue weighted by atomic mass is 35.5. The van der Waals surface area contributed by atoms with E-state index < -0.39 is 5.91 Å². The van der Waals surface area contributed by atoms with Crippen LogP contribution in [0, 0.1) is 6.92 Å². The fraction of sp³-hybridized carbons (Fsp3) is 0.250. The normalized spacial score (nSPS) is 11.0. The van der Waals surface area contributed by atoms with E-state index in [-0.39, 0.29) is 12.3 Å². The molecule has 2 aromatic rings. The number of halogens is 1. The van der Waals surface area contributed by atoms with Gasteiger partial charge in [0.2, 0.25) is 5.91 Å². The van der Waals surface area contributed by atoms with E-state index in [1.807, 2.05) is 6.92 Å². The van der Waals surface area contributed by atoms with Crippen LogP contribution < -0.4 is 20.2 Å².